The third-order valence-corrected chi connectivity index (χ3v) is 2.32. The van der Waals surface area contributed by atoms with Gasteiger partial charge in [-0.3, -0.25) is 0 Å². The first kappa shape index (κ1) is 6.79. The summed E-state index contributed by atoms with van der Waals surface area (Å²) in [5.41, 5.74) is 0.0290. The van der Waals surface area contributed by atoms with Crippen molar-refractivity contribution in [3.63, 3.8) is 0 Å². The van der Waals surface area contributed by atoms with Crippen molar-refractivity contribution in [3.8, 4) is 0 Å². The zero-order valence-corrected chi connectivity index (χ0v) is 6.65. The van der Waals surface area contributed by atoms with E-state index in [4.69, 9.17) is 0 Å². The van der Waals surface area contributed by atoms with Gasteiger partial charge in [-0.25, -0.2) is 0 Å². The lowest BCUT2D eigenvalue weighted by Gasteiger charge is -2.01. The molecule has 11 heavy (non-hydrogen) atoms. The van der Waals surface area contributed by atoms with Crippen LogP contribution in [0.4, 0.5) is 0 Å². The van der Waals surface area contributed by atoms with Crippen LogP contribution in [0.25, 0.3) is 0 Å². The first-order chi connectivity index (χ1) is 5.13. The van der Waals surface area contributed by atoms with E-state index in [1.807, 2.05) is 6.92 Å². The van der Waals surface area contributed by atoms with E-state index in [0.29, 0.717) is 11.6 Å². The predicted octanol–water partition coefficient (Wildman–Crippen LogP) is 0.0425. The number of hydrogen-bond donors (Lipinski definition) is 1. The van der Waals surface area contributed by atoms with Gasteiger partial charge in [-0.15, -0.1) is 0 Å². The van der Waals surface area contributed by atoms with Crippen LogP contribution in [0.1, 0.15) is 19.0 Å². The van der Waals surface area contributed by atoms with Gasteiger partial charge in [0.1, 0.15) is 11.3 Å². The van der Waals surface area contributed by atoms with E-state index >= 15 is 0 Å². The highest BCUT2D eigenvalue weighted by Crippen LogP contribution is 2.50. The summed E-state index contributed by atoms with van der Waals surface area (Å²) >= 11 is 0. The van der Waals surface area contributed by atoms with Crippen molar-refractivity contribution in [2.45, 2.75) is 18.9 Å². The maximum Gasteiger partial charge on any atom is 0.115 e. The second kappa shape index (κ2) is 1.82. The molecule has 1 aliphatic rings. The van der Waals surface area contributed by atoms with Gasteiger partial charge in [-0.2, -0.15) is 15.0 Å². The van der Waals surface area contributed by atoms with Crippen molar-refractivity contribution in [2.24, 2.45) is 13.0 Å². The molecular weight excluding hydrogens is 142 g/mol. The van der Waals surface area contributed by atoms with Crippen molar-refractivity contribution in [2.75, 3.05) is 0 Å². The molecule has 1 aromatic rings. The molecule has 2 unspecified atom stereocenters. The van der Waals surface area contributed by atoms with Crippen LogP contribution in [0.15, 0.2) is 6.20 Å². The second-order valence-electron chi connectivity index (χ2n) is 3.25. The minimum atomic E-state index is -0.672. The maximum atomic E-state index is 9.77. The van der Waals surface area contributed by atoms with Crippen LogP contribution in [0.2, 0.25) is 0 Å². The quantitative estimate of drug-likeness (QED) is 0.620. The zero-order chi connectivity index (χ0) is 8.06. The normalized spacial score (nSPS) is 35.7. The van der Waals surface area contributed by atoms with Gasteiger partial charge in [0.2, 0.25) is 0 Å². The molecule has 4 heteroatoms. The molecule has 0 saturated heterocycles. The van der Waals surface area contributed by atoms with Crippen molar-refractivity contribution in [3.05, 3.63) is 11.9 Å². The molecule has 1 fully saturated rings. The minimum absolute atomic E-state index is 0.333. The van der Waals surface area contributed by atoms with Crippen molar-refractivity contribution >= 4 is 0 Å². The summed E-state index contributed by atoms with van der Waals surface area (Å²) in [5, 5.41) is 17.7. The Hall–Kier alpha value is -0.900. The van der Waals surface area contributed by atoms with Gasteiger partial charge in [-0.1, -0.05) is 6.92 Å². The fraction of sp³-hybridized carbons (Fsp3) is 0.714. The van der Waals surface area contributed by atoms with E-state index in [1.54, 1.807) is 13.2 Å². The molecule has 0 amide bonds. The number of aliphatic hydroxyl groups is 1. The van der Waals surface area contributed by atoms with Crippen LogP contribution in [0.5, 0.6) is 0 Å². The Balaban J connectivity index is 2.31. The summed E-state index contributed by atoms with van der Waals surface area (Å²) in [7, 11) is 1.75. The van der Waals surface area contributed by atoms with E-state index < -0.39 is 5.60 Å². The second-order valence-corrected chi connectivity index (χ2v) is 3.25. The molecule has 2 atom stereocenters. The van der Waals surface area contributed by atoms with E-state index in [2.05, 4.69) is 10.2 Å². The molecule has 1 aromatic heterocycles. The van der Waals surface area contributed by atoms with E-state index in [-0.39, 0.29) is 0 Å². The van der Waals surface area contributed by atoms with Gasteiger partial charge in [-0.05, 0) is 12.3 Å². The van der Waals surface area contributed by atoms with Crippen LogP contribution in [-0.4, -0.2) is 20.1 Å². The summed E-state index contributed by atoms with van der Waals surface area (Å²) in [6.45, 7) is 2.01. The van der Waals surface area contributed by atoms with Crippen LogP contribution in [-0.2, 0) is 12.6 Å². The van der Waals surface area contributed by atoms with Gasteiger partial charge >= 0.3 is 0 Å². The lowest BCUT2D eigenvalue weighted by molar-refractivity contribution is 0.129. The third kappa shape index (κ3) is 0.860. The Morgan fingerprint density at radius 2 is 2.45 bits per heavy atom. The lowest BCUT2D eigenvalue weighted by atomic mass is 10.2. The molecule has 1 saturated carbocycles. The van der Waals surface area contributed by atoms with Crippen LogP contribution in [0, 0.1) is 5.92 Å². The molecule has 60 valence electrons. The summed E-state index contributed by atoms with van der Waals surface area (Å²) in [6.07, 6.45) is 2.44. The highest BCUT2D eigenvalue weighted by molar-refractivity contribution is 5.17. The Labute approximate surface area is 64.8 Å². The topological polar surface area (TPSA) is 50.9 Å². The van der Waals surface area contributed by atoms with Crippen molar-refractivity contribution < 1.29 is 5.11 Å². The SMILES string of the molecule is CC1CC1(O)c1cnn(C)n1. The van der Waals surface area contributed by atoms with Gasteiger partial charge in [0, 0.05) is 7.05 Å². The molecule has 0 bridgehead atoms. The number of rotatable bonds is 1. The number of aryl methyl sites for hydroxylation is 1. The Kier molecular flexibility index (Phi) is 1.12. The summed E-state index contributed by atoms with van der Waals surface area (Å²) in [4.78, 5) is 1.47. The molecule has 0 aliphatic heterocycles. The highest BCUT2D eigenvalue weighted by atomic mass is 16.3. The summed E-state index contributed by atoms with van der Waals surface area (Å²) in [6, 6.07) is 0. The number of aromatic nitrogens is 3. The molecule has 4 nitrogen and oxygen atoms in total. The summed E-state index contributed by atoms with van der Waals surface area (Å²) in [5.74, 6) is 0.333. The van der Waals surface area contributed by atoms with Gasteiger partial charge < -0.3 is 5.11 Å². The van der Waals surface area contributed by atoms with E-state index in [0.717, 1.165) is 6.42 Å². The van der Waals surface area contributed by atoms with Crippen molar-refractivity contribution in [1.82, 2.24) is 15.0 Å². The molecule has 1 aliphatic carbocycles. The fourth-order valence-electron chi connectivity index (χ4n) is 1.31. The Bertz CT molecular complexity index is 283. The van der Waals surface area contributed by atoms with Gasteiger partial charge in [0.05, 0.1) is 6.20 Å². The van der Waals surface area contributed by atoms with E-state index in [1.165, 1.54) is 4.80 Å². The molecule has 2 rings (SSSR count). The monoisotopic (exact) mass is 153 g/mol. The van der Waals surface area contributed by atoms with Crippen LogP contribution < -0.4 is 0 Å². The summed E-state index contributed by atoms with van der Waals surface area (Å²) < 4.78 is 0. The largest absolute Gasteiger partial charge is 0.383 e. The molecule has 0 radical (unpaired) electrons. The van der Waals surface area contributed by atoms with Crippen LogP contribution in [0.3, 0.4) is 0 Å². The Morgan fingerprint density at radius 1 is 1.82 bits per heavy atom. The van der Waals surface area contributed by atoms with Crippen LogP contribution >= 0.6 is 0 Å². The standard InChI is InChI=1S/C7H11N3O/c1-5-3-7(5,11)6-4-8-10(2)9-6/h4-5,11H,3H2,1-2H3. The van der Waals surface area contributed by atoms with Crippen molar-refractivity contribution in [1.29, 1.82) is 0 Å². The fourth-order valence-corrected chi connectivity index (χ4v) is 1.31. The highest BCUT2D eigenvalue weighted by Gasteiger charge is 2.53. The van der Waals surface area contributed by atoms with E-state index in [9.17, 15) is 5.11 Å². The number of hydrogen-bond acceptors (Lipinski definition) is 3. The predicted molar refractivity (Wildman–Crippen MR) is 38.7 cm³/mol. The first-order valence-corrected chi connectivity index (χ1v) is 3.72. The van der Waals surface area contributed by atoms with Gasteiger partial charge in [0.25, 0.3) is 0 Å². The molecule has 1 N–H and O–H groups in total. The average molecular weight is 153 g/mol. The minimum Gasteiger partial charge on any atom is -0.383 e. The smallest absolute Gasteiger partial charge is 0.115 e. The first-order valence-electron chi connectivity index (χ1n) is 3.72. The molecular formula is C7H11N3O. The molecule has 0 spiro atoms. The number of nitrogens with zero attached hydrogens (tertiary/aromatic N) is 3. The maximum absolute atomic E-state index is 9.77. The Morgan fingerprint density at radius 3 is 2.82 bits per heavy atom. The molecule has 1 heterocycles. The average Bonchev–Trinajstić information content (AvgIpc) is 2.44. The third-order valence-electron chi connectivity index (χ3n) is 2.32. The molecule has 0 aromatic carbocycles. The lowest BCUT2D eigenvalue weighted by Crippen LogP contribution is -2.08. The van der Waals surface area contributed by atoms with Gasteiger partial charge in [0.15, 0.2) is 0 Å². The zero-order valence-electron chi connectivity index (χ0n) is 6.65.